The Morgan fingerprint density at radius 2 is 2.40 bits per heavy atom. The summed E-state index contributed by atoms with van der Waals surface area (Å²) in [6, 6.07) is 0.708. The van der Waals surface area contributed by atoms with E-state index in [1.165, 1.54) is 13.0 Å². The van der Waals surface area contributed by atoms with E-state index in [0.717, 1.165) is 18.9 Å². The molecule has 1 N–H and O–H groups in total. The normalized spacial score (nSPS) is 33.0. The fourth-order valence-corrected chi connectivity index (χ4v) is 1.53. The topological polar surface area (TPSA) is 21.3 Å². The Morgan fingerprint density at radius 1 is 1.60 bits per heavy atom. The second kappa shape index (κ2) is 3.94. The van der Waals surface area contributed by atoms with Gasteiger partial charge in [0.15, 0.2) is 0 Å². The van der Waals surface area contributed by atoms with Gasteiger partial charge >= 0.3 is 0 Å². The molecule has 1 rings (SSSR count). The van der Waals surface area contributed by atoms with Gasteiger partial charge in [-0.25, -0.2) is 0 Å². The molecule has 0 aromatic carbocycles. The minimum absolute atomic E-state index is 0.708. The van der Waals surface area contributed by atoms with Gasteiger partial charge < -0.3 is 10.1 Å². The van der Waals surface area contributed by atoms with E-state index in [2.05, 4.69) is 12.2 Å². The van der Waals surface area contributed by atoms with Crippen LogP contribution in [0.25, 0.3) is 0 Å². The number of hydrogen-bond donors (Lipinski definition) is 1. The summed E-state index contributed by atoms with van der Waals surface area (Å²) in [6.07, 6.45) is 2.49. The zero-order valence-corrected chi connectivity index (χ0v) is 6.89. The van der Waals surface area contributed by atoms with Crippen molar-refractivity contribution < 1.29 is 4.74 Å². The van der Waals surface area contributed by atoms with Gasteiger partial charge in [-0.05, 0) is 25.3 Å². The maximum Gasteiger partial charge on any atom is 0.0477 e. The fraction of sp³-hybridized carbons (Fsp3) is 1.00. The Morgan fingerprint density at radius 3 is 2.90 bits per heavy atom. The SMILES string of the molecule is COCCC1NCCC1C. The van der Waals surface area contributed by atoms with E-state index < -0.39 is 0 Å². The molecule has 1 aliphatic rings. The second-order valence-corrected chi connectivity index (χ2v) is 3.11. The highest BCUT2D eigenvalue weighted by Crippen LogP contribution is 2.16. The van der Waals surface area contributed by atoms with Gasteiger partial charge in [-0.2, -0.15) is 0 Å². The van der Waals surface area contributed by atoms with Crippen LogP contribution in [-0.2, 0) is 4.74 Å². The fourth-order valence-electron chi connectivity index (χ4n) is 1.53. The van der Waals surface area contributed by atoms with Crippen molar-refractivity contribution in [3.05, 3.63) is 0 Å². The van der Waals surface area contributed by atoms with Crippen molar-refractivity contribution in [3.8, 4) is 0 Å². The number of methoxy groups -OCH3 is 1. The molecule has 2 heteroatoms. The molecule has 2 atom stereocenters. The van der Waals surface area contributed by atoms with Crippen molar-refractivity contribution in [2.45, 2.75) is 25.8 Å². The first-order chi connectivity index (χ1) is 4.84. The largest absolute Gasteiger partial charge is 0.385 e. The van der Waals surface area contributed by atoms with Crippen molar-refractivity contribution in [3.63, 3.8) is 0 Å². The molecule has 1 heterocycles. The summed E-state index contributed by atoms with van der Waals surface area (Å²) < 4.78 is 5.01. The van der Waals surface area contributed by atoms with E-state index in [-0.39, 0.29) is 0 Å². The minimum atomic E-state index is 0.708. The van der Waals surface area contributed by atoms with E-state index in [0.29, 0.717) is 6.04 Å². The molecule has 1 fully saturated rings. The van der Waals surface area contributed by atoms with Crippen LogP contribution in [0.4, 0.5) is 0 Å². The molecule has 1 saturated heterocycles. The Bertz CT molecular complexity index is 95.3. The molecule has 10 heavy (non-hydrogen) atoms. The zero-order valence-electron chi connectivity index (χ0n) is 6.89. The van der Waals surface area contributed by atoms with Gasteiger partial charge in [0.25, 0.3) is 0 Å². The summed E-state index contributed by atoms with van der Waals surface area (Å²) in [4.78, 5) is 0. The van der Waals surface area contributed by atoms with E-state index in [1.807, 2.05) is 0 Å². The van der Waals surface area contributed by atoms with Crippen LogP contribution in [0, 0.1) is 5.92 Å². The Kier molecular flexibility index (Phi) is 3.16. The van der Waals surface area contributed by atoms with Crippen molar-refractivity contribution in [2.24, 2.45) is 5.92 Å². The average molecular weight is 143 g/mol. The van der Waals surface area contributed by atoms with Gasteiger partial charge in [-0.15, -0.1) is 0 Å². The van der Waals surface area contributed by atoms with E-state index >= 15 is 0 Å². The molecule has 0 aliphatic carbocycles. The third-order valence-electron chi connectivity index (χ3n) is 2.33. The molecular weight excluding hydrogens is 126 g/mol. The van der Waals surface area contributed by atoms with E-state index in [9.17, 15) is 0 Å². The first-order valence-electron chi connectivity index (χ1n) is 4.07. The highest BCUT2D eigenvalue weighted by molar-refractivity contribution is 4.80. The number of rotatable bonds is 3. The highest BCUT2D eigenvalue weighted by atomic mass is 16.5. The summed E-state index contributed by atoms with van der Waals surface area (Å²) in [5, 5.41) is 3.46. The Hall–Kier alpha value is -0.0800. The zero-order chi connectivity index (χ0) is 7.40. The van der Waals surface area contributed by atoms with Crippen molar-refractivity contribution in [1.82, 2.24) is 5.32 Å². The monoisotopic (exact) mass is 143 g/mol. The summed E-state index contributed by atoms with van der Waals surface area (Å²) in [6.45, 7) is 4.39. The number of ether oxygens (including phenoxy) is 1. The Labute approximate surface area is 63.0 Å². The summed E-state index contributed by atoms with van der Waals surface area (Å²) >= 11 is 0. The molecular formula is C8H17NO. The van der Waals surface area contributed by atoms with Crippen molar-refractivity contribution >= 4 is 0 Å². The smallest absolute Gasteiger partial charge is 0.0477 e. The maximum absolute atomic E-state index is 5.01. The van der Waals surface area contributed by atoms with Crippen molar-refractivity contribution in [2.75, 3.05) is 20.3 Å². The lowest BCUT2D eigenvalue weighted by Gasteiger charge is -2.13. The molecule has 0 radical (unpaired) electrons. The van der Waals surface area contributed by atoms with Gasteiger partial charge in [0.1, 0.15) is 0 Å². The highest BCUT2D eigenvalue weighted by Gasteiger charge is 2.21. The summed E-state index contributed by atoms with van der Waals surface area (Å²) in [5.74, 6) is 0.843. The predicted molar refractivity (Wildman–Crippen MR) is 42.1 cm³/mol. The molecule has 2 nitrogen and oxygen atoms in total. The van der Waals surface area contributed by atoms with Gasteiger partial charge in [-0.3, -0.25) is 0 Å². The molecule has 0 aromatic heterocycles. The number of hydrogen-bond acceptors (Lipinski definition) is 2. The van der Waals surface area contributed by atoms with Gasteiger partial charge in [-0.1, -0.05) is 6.92 Å². The van der Waals surface area contributed by atoms with Crippen LogP contribution >= 0.6 is 0 Å². The summed E-state index contributed by atoms with van der Waals surface area (Å²) in [7, 11) is 1.76. The molecule has 1 aliphatic heterocycles. The van der Waals surface area contributed by atoms with Gasteiger partial charge in [0, 0.05) is 19.8 Å². The molecule has 0 aromatic rings. The van der Waals surface area contributed by atoms with Crippen LogP contribution in [0.15, 0.2) is 0 Å². The molecule has 0 bridgehead atoms. The lowest BCUT2D eigenvalue weighted by Crippen LogP contribution is -2.26. The van der Waals surface area contributed by atoms with Crippen LogP contribution in [0.2, 0.25) is 0 Å². The molecule has 0 saturated carbocycles. The standard InChI is InChI=1S/C8H17NO/c1-7-3-5-9-8(7)4-6-10-2/h7-9H,3-6H2,1-2H3. The maximum atomic E-state index is 5.01. The molecule has 60 valence electrons. The second-order valence-electron chi connectivity index (χ2n) is 3.11. The van der Waals surface area contributed by atoms with Gasteiger partial charge in [0.05, 0.1) is 0 Å². The van der Waals surface area contributed by atoms with Crippen LogP contribution < -0.4 is 5.32 Å². The van der Waals surface area contributed by atoms with E-state index in [4.69, 9.17) is 4.74 Å². The van der Waals surface area contributed by atoms with Gasteiger partial charge in [0.2, 0.25) is 0 Å². The minimum Gasteiger partial charge on any atom is -0.385 e. The number of nitrogens with one attached hydrogen (secondary N) is 1. The average Bonchev–Trinajstić information content (AvgIpc) is 2.31. The van der Waals surface area contributed by atoms with Crippen molar-refractivity contribution in [1.29, 1.82) is 0 Å². The third-order valence-corrected chi connectivity index (χ3v) is 2.33. The third kappa shape index (κ3) is 1.96. The molecule has 0 spiro atoms. The Balaban J connectivity index is 2.14. The lowest BCUT2D eigenvalue weighted by atomic mass is 10.0. The van der Waals surface area contributed by atoms with E-state index in [1.54, 1.807) is 7.11 Å². The summed E-state index contributed by atoms with van der Waals surface area (Å²) in [5.41, 5.74) is 0. The quantitative estimate of drug-likeness (QED) is 0.637. The predicted octanol–water partition coefficient (Wildman–Crippen LogP) is 1.02. The molecule has 2 unspecified atom stereocenters. The van der Waals surface area contributed by atoms with Crippen LogP contribution in [0.1, 0.15) is 19.8 Å². The van der Waals surface area contributed by atoms with Crippen LogP contribution in [-0.4, -0.2) is 26.3 Å². The molecule has 0 amide bonds. The van der Waals surface area contributed by atoms with Crippen LogP contribution in [0.3, 0.4) is 0 Å². The lowest BCUT2D eigenvalue weighted by molar-refractivity contribution is 0.180. The van der Waals surface area contributed by atoms with Crippen LogP contribution in [0.5, 0.6) is 0 Å². The first kappa shape index (κ1) is 8.02. The first-order valence-corrected chi connectivity index (χ1v) is 4.07.